The van der Waals surface area contributed by atoms with E-state index < -0.39 is 8.07 Å². The number of benzene rings is 2. The van der Waals surface area contributed by atoms with Gasteiger partial charge in [-0.3, -0.25) is 4.90 Å². The van der Waals surface area contributed by atoms with Gasteiger partial charge in [-0.15, -0.1) is 0 Å². The average molecular weight is 653 g/mol. The van der Waals surface area contributed by atoms with Gasteiger partial charge in [-0.2, -0.15) is 5.10 Å². The third-order valence-corrected chi connectivity index (χ3v) is 10.8. The minimum atomic E-state index is -1.15. The summed E-state index contributed by atoms with van der Waals surface area (Å²) in [6.07, 6.45) is 2.66. The fourth-order valence-corrected chi connectivity index (χ4v) is 6.90. The highest BCUT2D eigenvalue weighted by Gasteiger charge is 2.39. The Kier molecular flexibility index (Phi) is 10.2. The van der Waals surface area contributed by atoms with Crippen LogP contribution >= 0.6 is 27.5 Å². The van der Waals surface area contributed by atoms with Crippen molar-refractivity contribution in [3.63, 3.8) is 0 Å². The summed E-state index contributed by atoms with van der Waals surface area (Å²) < 4.78 is 28.8. The summed E-state index contributed by atoms with van der Waals surface area (Å²) in [5, 5.41) is 6.52. The Morgan fingerprint density at radius 3 is 2.35 bits per heavy atom. The zero-order valence-electron chi connectivity index (χ0n) is 24.8. The van der Waals surface area contributed by atoms with Gasteiger partial charge >= 0.3 is 0 Å². The van der Waals surface area contributed by atoms with E-state index in [0.717, 1.165) is 65.2 Å². The summed E-state index contributed by atoms with van der Waals surface area (Å²) in [5.74, 6) is -0.205. The molecule has 1 aliphatic heterocycles. The molecule has 2 aromatic carbocycles. The Morgan fingerprint density at radius 1 is 1.05 bits per heavy atom. The van der Waals surface area contributed by atoms with E-state index in [1.807, 2.05) is 28.9 Å². The quantitative estimate of drug-likeness (QED) is 0.154. The van der Waals surface area contributed by atoms with Gasteiger partial charge in [0.1, 0.15) is 17.2 Å². The van der Waals surface area contributed by atoms with Gasteiger partial charge in [0.2, 0.25) is 0 Å². The van der Waals surface area contributed by atoms with E-state index in [9.17, 15) is 4.39 Å². The standard InChI is InChI=1S/C31H44BrClFN3O2Si/c1-30(2,3)36-14-12-31(13-15-36,24-7-9-26(34)10-8-24)21-38-16-11-23-19-25(33)20-27-28(23)35-37(29(27)32)22-39-17-18-40(4,5)6/h7-10,19-20H,11-18,21-22H2,1-6H3. The number of aromatic nitrogens is 2. The summed E-state index contributed by atoms with van der Waals surface area (Å²) >= 11 is 10.2. The highest BCUT2D eigenvalue weighted by Crippen LogP contribution is 2.38. The van der Waals surface area contributed by atoms with Crippen molar-refractivity contribution in [3.05, 3.63) is 63.0 Å². The molecule has 1 saturated heterocycles. The predicted molar refractivity (Wildman–Crippen MR) is 170 cm³/mol. The lowest BCUT2D eigenvalue weighted by atomic mass is 9.72. The van der Waals surface area contributed by atoms with E-state index in [1.54, 1.807) is 12.1 Å². The normalized spacial score (nSPS) is 16.6. The minimum Gasteiger partial charge on any atom is -0.380 e. The second-order valence-corrected chi connectivity index (χ2v) is 20.2. The predicted octanol–water partition coefficient (Wildman–Crippen LogP) is 8.30. The maximum Gasteiger partial charge on any atom is 0.140 e. The fourth-order valence-electron chi connectivity index (χ4n) is 5.42. The summed E-state index contributed by atoms with van der Waals surface area (Å²) in [6.45, 7) is 18.1. The first-order valence-electron chi connectivity index (χ1n) is 14.3. The van der Waals surface area contributed by atoms with Gasteiger partial charge in [0, 0.05) is 36.0 Å². The molecule has 0 bridgehead atoms. The van der Waals surface area contributed by atoms with E-state index >= 15 is 0 Å². The van der Waals surface area contributed by atoms with Crippen LogP contribution in [-0.4, -0.2) is 61.2 Å². The van der Waals surface area contributed by atoms with Crippen molar-refractivity contribution in [2.24, 2.45) is 0 Å². The highest BCUT2D eigenvalue weighted by atomic mass is 79.9. The summed E-state index contributed by atoms with van der Waals surface area (Å²) in [4.78, 5) is 2.53. The van der Waals surface area contributed by atoms with Crippen LogP contribution in [0.1, 0.15) is 44.7 Å². The second-order valence-electron chi connectivity index (χ2n) is 13.3. The first-order chi connectivity index (χ1) is 18.8. The van der Waals surface area contributed by atoms with Gasteiger partial charge in [0.25, 0.3) is 0 Å². The molecule has 0 saturated carbocycles. The molecule has 0 unspecified atom stereocenters. The Morgan fingerprint density at radius 2 is 1.73 bits per heavy atom. The Bertz CT molecular complexity index is 1280. The molecule has 1 aliphatic rings. The molecule has 1 aromatic heterocycles. The number of hydrogen-bond donors (Lipinski definition) is 0. The summed E-state index contributed by atoms with van der Waals surface area (Å²) in [6, 6.07) is 12.1. The molecule has 0 amide bonds. The van der Waals surface area contributed by atoms with Crippen LogP contribution in [0.2, 0.25) is 30.7 Å². The molecule has 220 valence electrons. The van der Waals surface area contributed by atoms with Crippen molar-refractivity contribution in [1.82, 2.24) is 14.7 Å². The Labute approximate surface area is 253 Å². The lowest BCUT2D eigenvalue weighted by molar-refractivity contribution is 0.0205. The number of ether oxygens (including phenoxy) is 2. The largest absolute Gasteiger partial charge is 0.380 e. The van der Waals surface area contributed by atoms with Crippen LogP contribution < -0.4 is 0 Å². The van der Waals surface area contributed by atoms with E-state index in [-0.39, 0.29) is 16.8 Å². The molecule has 2 heterocycles. The van der Waals surface area contributed by atoms with Crippen LogP contribution in [0.25, 0.3) is 10.9 Å². The van der Waals surface area contributed by atoms with Crippen molar-refractivity contribution < 1.29 is 13.9 Å². The fraction of sp³-hybridized carbons (Fsp3) is 0.581. The van der Waals surface area contributed by atoms with Crippen molar-refractivity contribution in [3.8, 4) is 0 Å². The first-order valence-corrected chi connectivity index (χ1v) is 19.2. The molecular weight excluding hydrogens is 609 g/mol. The lowest BCUT2D eigenvalue weighted by Crippen LogP contribution is -2.51. The van der Waals surface area contributed by atoms with Crippen LogP contribution in [-0.2, 0) is 28.0 Å². The van der Waals surface area contributed by atoms with Crippen LogP contribution in [0.15, 0.2) is 41.0 Å². The van der Waals surface area contributed by atoms with E-state index in [4.69, 9.17) is 26.2 Å². The van der Waals surface area contributed by atoms with Crippen LogP contribution in [0.5, 0.6) is 0 Å². The average Bonchev–Trinajstić information content (AvgIpc) is 3.19. The molecule has 5 nitrogen and oxygen atoms in total. The summed E-state index contributed by atoms with van der Waals surface area (Å²) in [7, 11) is -1.15. The number of hydrogen-bond acceptors (Lipinski definition) is 4. The third-order valence-electron chi connectivity index (χ3n) is 8.05. The lowest BCUT2D eigenvalue weighted by Gasteiger charge is -2.46. The number of fused-ring (bicyclic) bond motifs is 1. The minimum absolute atomic E-state index is 0.128. The highest BCUT2D eigenvalue weighted by molar-refractivity contribution is 9.10. The second kappa shape index (κ2) is 12.9. The van der Waals surface area contributed by atoms with Gasteiger partial charge in [0.05, 0.1) is 18.7 Å². The van der Waals surface area contributed by atoms with Crippen LogP contribution in [0.3, 0.4) is 0 Å². The maximum absolute atomic E-state index is 13.7. The third kappa shape index (κ3) is 7.95. The van der Waals surface area contributed by atoms with Gasteiger partial charge in [0.15, 0.2) is 0 Å². The first kappa shape index (κ1) is 31.6. The monoisotopic (exact) mass is 651 g/mol. The van der Waals surface area contributed by atoms with E-state index in [2.05, 4.69) is 61.2 Å². The molecule has 0 aliphatic carbocycles. The molecule has 4 rings (SSSR count). The van der Waals surface area contributed by atoms with Gasteiger partial charge in [-0.05, 0) is 110 Å². The van der Waals surface area contributed by atoms with Crippen LogP contribution in [0, 0.1) is 5.82 Å². The van der Waals surface area contributed by atoms with Crippen LogP contribution in [0.4, 0.5) is 4.39 Å². The molecular formula is C31H44BrClFN3O2Si. The molecule has 40 heavy (non-hydrogen) atoms. The van der Waals surface area contributed by atoms with Crippen molar-refractivity contribution in [2.45, 2.75) is 83.4 Å². The van der Waals surface area contributed by atoms with Crippen molar-refractivity contribution in [2.75, 3.05) is 32.9 Å². The zero-order valence-corrected chi connectivity index (χ0v) is 28.2. The smallest absolute Gasteiger partial charge is 0.140 e. The van der Waals surface area contributed by atoms with Crippen molar-refractivity contribution in [1.29, 1.82) is 0 Å². The van der Waals surface area contributed by atoms with Crippen molar-refractivity contribution >= 4 is 46.5 Å². The molecule has 0 radical (unpaired) electrons. The molecule has 0 N–H and O–H groups in total. The Balaban J connectivity index is 1.43. The van der Waals surface area contributed by atoms with Gasteiger partial charge in [-0.1, -0.05) is 43.4 Å². The van der Waals surface area contributed by atoms with Gasteiger partial charge in [-0.25, -0.2) is 9.07 Å². The number of likely N-dealkylation sites (tertiary alicyclic amines) is 1. The number of halogens is 3. The number of nitrogens with zero attached hydrogens (tertiary/aromatic N) is 3. The number of rotatable bonds is 11. The maximum atomic E-state index is 13.7. The molecule has 1 fully saturated rings. The zero-order chi connectivity index (χ0) is 29.1. The van der Waals surface area contributed by atoms with E-state index in [0.29, 0.717) is 31.4 Å². The molecule has 0 atom stereocenters. The van der Waals surface area contributed by atoms with Gasteiger partial charge < -0.3 is 9.47 Å². The molecule has 0 spiro atoms. The SMILES string of the molecule is CC(C)(C)N1CCC(COCCc2cc(Cl)cc3c(Br)n(COCC[Si](C)(C)C)nc23)(c2ccc(F)cc2)CC1. The Hall–Kier alpha value is -1.29. The van der Waals surface area contributed by atoms with E-state index in [1.165, 1.54) is 0 Å². The topological polar surface area (TPSA) is 39.5 Å². The summed E-state index contributed by atoms with van der Waals surface area (Å²) in [5.41, 5.74) is 3.13. The number of piperidine rings is 1. The molecule has 3 aromatic rings. The molecule has 9 heteroatoms.